The number of nitrogens with one attached hydrogen (secondary N) is 1. The Morgan fingerprint density at radius 3 is 2.85 bits per heavy atom. The SMILES string of the molecule is CCn1cc(CNC(=O)c2cc3nc(C4CC4)cc(C(F)F)n3n2)cn1. The van der Waals surface area contributed by atoms with Gasteiger partial charge in [-0.1, -0.05) is 0 Å². The highest BCUT2D eigenvalue weighted by molar-refractivity contribution is 5.93. The lowest BCUT2D eigenvalue weighted by Crippen LogP contribution is -2.23. The molecule has 136 valence electrons. The van der Waals surface area contributed by atoms with Gasteiger partial charge in [-0.05, 0) is 25.8 Å². The molecule has 0 aliphatic heterocycles. The van der Waals surface area contributed by atoms with Gasteiger partial charge in [0.1, 0.15) is 5.69 Å². The molecule has 1 aliphatic rings. The Morgan fingerprint density at radius 1 is 1.38 bits per heavy atom. The van der Waals surface area contributed by atoms with Crippen LogP contribution in [0.2, 0.25) is 0 Å². The number of halogens is 2. The zero-order chi connectivity index (χ0) is 18.3. The van der Waals surface area contributed by atoms with Crippen LogP contribution < -0.4 is 5.32 Å². The molecule has 1 saturated carbocycles. The van der Waals surface area contributed by atoms with Crippen LogP contribution >= 0.6 is 0 Å². The van der Waals surface area contributed by atoms with Gasteiger partial charge in [-0.15, -0.1) is 0 Å². The van der Waals surface area contributed by atoms with Crippen LogP contribution in [-0.4, -0.2) is 30.3 Å². The van der Waals surface area contributed by atoms with Crippen molar-refractivity contribution in [3.63, 3.8) is 0 Å². The van der Waals surface area contributed by atoms with E-state index < -0.39 is 12.3 Å². The van der Waals surface area contributed by atoms with E-state index in [1.807, 2.05) is 13.1 Å². The fourth-order valence-electron chi connectivity index (χ4n) is 2.82. The minimum absolute atomic E-state index is 0.0650. The normalized spacial score (nSPS) is 14.3. The number of nitrogens with zero attached hydrogens (tertiary/aromatic N) is 5. The van der Waals surface area contributed by atoms with E-state index in [4.69, 9.17) is 0 Å². The van der Waals surface area contributed by atoms with Crippen molar-refractivity contribution in [1.82, 2.24) is 29.7 Å². The average molecular weight is 360 g/mol. The molecule has 1 amide bonds. The van der Waals surface area contributed by atoms with Gasteiger partial charge >= 0.3 is 0 Å². The molecule has 1 aliphatic carbocycles. The first-order chi connectivity index (χ1) is 12.5. The lowest BCUT2D eigenvalue weighted by Gasteiger charge is -2.06. The lowest BCUT2D eigenvalue weighted by atomic mass is 10.2. The van der Waals surface area contributed by atoms with Crippen LogP contribution in [0.1, 0.15) is 59.5 Å². The number of carbonyl (C=O) groups is 1. The Labute approximate surface area is 148 Å². The molecule has 3 heterocycles. The van der Waals surface area contributed by atoms with Crippen LogP contribution in [0.15, 0.2) is 24.5 Å². The average Bonchev–Trinajstić information content (AvgIpc) is 3.22. The topological polar surface area (TPSA) is 77.1 Å². The minimum atomic E-state index is -2.69. The molecule has 4 rings (SSSR count). The highest BCUT2D eigenvalue weighted by atomic mass is 19.3. The number of carbonyl (C=O) groups excluding carboxylic acids is 1. The predicted molar refractivity (Wildman–Crippen MR) is 89.0 cm³/mol. The second kappa shape index (κ2) is 6.47. The molecule has 0 spiro atoms. The second-order valence-electron chi connectivity index (χ2n) is 6.37. The van der Waals surface area contributed by atoms with Gasteiger partial charge in [-0.2, -0.15) is 10.2 Å². The van der Waals surface area contributed by atoms with Crippen LogP contribution in [0.4, 0.5) is 8.78 Å². The first-order valence-electron chi connectivity index (χ1n) is 8.53. The third-order valence-electron chi connectivity index (χ3n) is 4.39. The molecule has 3 aromatic heterocycles. The summed E-state index contributed by atoms with van der Waals surface area (Å²) >= 11 is 0. The molecule has 26 heavy (non-hydrogen) atoms. The van der Waals surface area contributed by atoms with Crippen LogP contribution in [0, 0.1) is 0 Å². The second-order valence-corrected chi connectivity index (χ2v) is 6.37. The van der Waals surface area contributed by atoms with Crippen molar-refractivity contribution >= 4 is 11.6 Å². The predicted octanol–water partition coefficient (Wildman–Crippen LogP) is 2.69. The van der Waals surface area contributed by atoms with E-state index in [2.05, 4.69) is 20.5 Å². The van der Waals surface area contributed by atoms with Crippen molar-refractivity contribution in [2.75, 3.05) is 0 Å². The van der Waals surface area contributed by atoms with Crippen molar-refractivity contribution in [1.29, 1.82) is 0 Å². The third-order valence-corrected chi connectivity index (χ3v) is 4.39. The zero-order valence-electron chi connectivity index (χ0n) is 14.2. The Bertz CT molecular complexity index is 959. The summed E-state index contributed by atoms with van der Waals surface area (Å²) in [6.07, 6.45) is 2.74. The lowest BCUT2D eigenvalue weighted by molar-refractivity contribution is 0.0944. The minimum Gasteiger partial charge on any atom is -0.346 e. The highest BCUT2D eigenvalue weighted by Gasteiger charge is 2.28. The maximum Gasteiger partial charge on any atom is 0.280 e. The molecule has 0 saturated heterocycles. The number of amides is 1. The van der Waals surface area contributed by atoms with E-state index in [0.29, 0.717) is 5.69 Å². The van der Waals surface area contributed by atoms with E-state index >= 15 is 0 Å². The van der Waals surface area contributed by atoms with E-state index in [9.17, 15) is 13.6 Å². The quantitative estimate of drug-likeness (QED) is 0.733. The molecule has 1 fully saturated rings. The molecule has 0 aromatic carbocycles. The molecule has 0 unspecified atom stereocenters. The molecular weight excluding hydrogens is 342 g/mol. The first kappa shape index (κ1) is 16.6. The molecule has 1 N–H and O–H groups in total. The van der Waals surface area contributed by atoms with Gasteiger partial charge in [0, 0.05) is 42.5 Å². The Kier molecular flexibility index (Phi) is 4.14. The van der Waals surface area contributed by atoms with Crippen molar-refractivity contribution in [2.24, 2.45) is 0 Å². The summed E-state index contributed by atoms with van der Waals surface area (Å²) in [4.78, 5) is 16.7. The number of fused-ring (bicyclic) bond motifs is 1. The fourth-order valence-corrected chi connectivity index (χ4v) is 2.82. The summed E-state index contributed by atoms with van der Waals surface area (Å²) in [7, 11) is 0. The Morgan fingerprint density at radius 2 is 2.19 bits per heavy atom. The molecule has 3 aromatic rings. The van der Waals surface area contributed by atoms with Crippen LogP contribution in [0.3, 0.4) is 0 Å². The van der Waals surface area contributed by atoms with E-state index in [1.165, 1.54) is 12.1 Å². The monoisotopic (exact) mass is 360 g/mol. The number of alkyl halides is 2. The first-order valence-corrected chi connectivity index (χ1v) is 8.53. The largest absolute Gasteiger partial charge is 0.346 e. The number of rotatable bonds is 6. The highest BCUT2D eigenvalue weighted by Crippen LogP contribution is 2.40. The molecule has 0 radical (unpaired) electrons. The van der Waals surface area contributed by atoms with Gasteiger partial charge < -0.3 is 5.32 Å². The Hall–Kier alpha value is -2.84. The van der Waals surface area contributed by atoms with Crippen LogP contribution in [-0.2, 0) is 13.1 Å². The summed E-state index contributed by atoms with van der Waals surface area (Å²) in [6.45, 7) is 3.00. The summed E-state index contributed by atoms with van der Waals surface area (Å²) in [5.41, 5.74) is 1.60. The summed E-state index contributed by atoms with van der Waals surface area (Å²) < 4.78 is 29.6. The third kappa shape index (κ3) is 3.16. The van der Waals surface area contributed by atoms with Crippen molar-refractivity contribution in [3.8, 4) is 0 Å². The van der Waals surface area contributed by atoms with E-state index in [1.54, 1.807) is 10.9 Å². The van der Waals surface area contributed by atoms with Gasteiger partial charge in [0.25, 0.3) is 12.3 Å². The van der Waals surface area contributed by atoms with Gasteiger partial charge in [0.05, 0.1) is 6.20 Å². The van der Waals surface area contributed by atoms with Crippen molar-refractivity contribution in [3.05, 3.63) is 47.2 Å². The summed E-state index contributed by atoms with van der Waals surface area (Å²) in [6, 6.07) is 2.84. The summed E-state index contributed by atoms with van der Waals surface area (Å²) in [5, 5.41) is 10.9. The van der Waals surface area contributed by atoms with Crippen molar-refractivity contribution < 1.29 is 13.6 Å². The van der Waals surface area contributed by atoms with Gasteiger partial charge in [-0.3, -0.25) is 9.48 Å². The fraction of sp³-hybridized carbons (Fsp3) is 0.412. The van der Waals surface area contributed by atoms with Crippen LogP contribution in [0.5, 0.6) is 0 Å². The number of aryl methyl sites for hydroxylation is 1. The standard InChI is InChI=1S/C17H18F2N6O/c1-2-24-9-10(8-21-24)7-20-17(26)13-6-15-22-12(11-3-4-11)5-14(16(18)19)25(15)23-13/h5-6,8-9,11,16H,2-4,7H2,1H3,(H,20,26). The molecular formula is C17H18F2N6O. The zero-order valence-corrected chi connectivity index (χ0v) is 14.2. The van der Waals surface area contributed by atoms with Crippen molar-refractivity contribution in [2.45, 2.75) is 45.2 Å². The molecule has 0 bridgehead atoms. The number of hydrogen-bond acceptors (Lipinski definition) is 4. The van der Waals surface area contributed by atoms with E-state index in [-0.39, 0.29) is 29.5 Å². The van der Waals surface area contributed by atoms with Gasteiger partial charge in [0.15, 0.2) is 11.3 Å². The van der Waals surface area contributed by atoms with Crippen LogP contribution in [0.25, 0.3) is 5.65 Å². The molecule has 9 heteroatoms. The maximum atomic E-state index is 13.4. The summed E-state index contributed by atoms with van der Waals surface area (Å²) in [5.74, 6) is -0.201. The van der Waals surface area contributed by atoms with E-state index in [0.717, 1.165) is 29.5 Å². The molecule has 7 nitrogen and oxygen atoms in total. The number of aromatic nitrogens is 5. The maximum absolute atomic E-state index is 13.4. The van der Waals surface area contributed by atoms with Gasteiger partial charge in [-0.25, -0.2) is 18.3 Å². The number of hydrogen-bond donors (Lipinski definition) is 1. The Balaban J connectivity index is 1.57. The smallest absolute Gasteiger partial charge is 0.280 e. The molecule has 0 atom stereocenters. The van der Waals surface area contributed by atoms with Gasteiger partial charge in [0.2, 0.25) is 0 Å².